The molecule has 6 nitrogen and oxygen atoms in total. The molecule has 0 aromatic heterocycles. The molecule has 1 fully saturated rings. The molecule has 0 saturated carbocycles. The maximum atomic E-state index is 12.7. The van der Waals surface area contributed by atoms with E-state index in [-0.39, 0.29) is 18.3 Å². The fourth-order valence-corrected chi connectivity index (χ4v) is 3.95. The van der Waals surface area contributed by atoms with Gasteiger partial charge in [-0.05, 0) is 24.3 Å². The lowest BCUT2D eigenvalue weighted by atomic mass is 9.82. The normalized spacial score (nSPS) is 17.1. The maximum Gasteiger partial charge on any atom is 0.260 e. The van der Waals surface area contributed by atoms with E-state index in [4.69, 9.17) is 14.2 Å². The third-order valence-electron chi connectivity index (χ3n) is 5.58. The van der Waals surface area contributed by atoms with E-state index in [1.165, 1.54) is 0 Å². The zero-order chi connectivity index (χ0) is 21.0. The molecule has 2 aliphatic rings. The largest absolute Gasteiger partial charge is 0.486 e. The number of amides is 1. The molecular formula is C24H25NO5. The summed E-state index contributed by atoms with van der Waals surface area (Å²) >= 11 is 0. The average molecular weight is 407 g/mol. The Morgan fingerprint density at radius 2 is 1.73 bits per heavy atom. The van der Waals surface area contributed by atoms with Crippen molar-refractivity contribution >= 4 is 11.7 Å². The van der Waals surface area contributed by atoms with Gasteiger partial charge in [-0.3, -0.25) is 9.59 Å². The molecule has 0 atom stereocenters. The van der Waals surface area contributed by atoms with Crippen LogP contribution in [0.3, 0.4) is 0 Å². The molecule has 156 valence electrons. The Kier molecular flexibility index (Phi) is 5.74. The number of fused-ring (bicyclic) bond motifs is 1. The number of ether oxygens (including phenoxy) is 3. The standard InChI is InChI=1S/C24H25NO5/c1-2-15-28-21-9-5-6-10-22(21)29-17-23(27)25-13-11-24(12-14-25)16-19(26)18-7-3-4-8-20(18)30-24/h2-10H,1,11-17H2. The summed E-state index contributed by atoms with van der Waals surface area (Å²) in [6, 6.07) is 14.6. The highest BCUT2D eigenvalue weighted by atomic mass is 16.5. The fourth-order valence-electron chi connectivity index (χ4n) is 3.95. The molecule has 4 rings (SSSR count). The van der Waals surface area contributed by atoms with Crippen molar-refractivity contribution in [2.45, 2.75) is 24.9 Å². The van der Waals surface area contributed by atoms with Gasteiger partial charge in [0.1, 0.15) is 18.0 Å². The lowest BCUT2D eigenvalue weighted by molar-refractivity contribution is -0.136. The lowest BCUT2D eigenvalue weighted by Crippen LogP contribution is -2.53. The molecule has 0 aliphatic carbocycles. The van der Waals surface area contributed by atoms with E-state index in [1.54, 1.807) is 29.2 Å². The van der Waals surface area contributed by atoms with Crippen molar-refractivity contribution in [2.75, 3.05) is 26.3 Å². The summed E-state index contributed by atoms with van der Waals surface area (Å²) in [5.74, 6) is 1.77. The molecule has 0 bridgehead atoms. The SMILES string of the molecule is C=CCOc1ccccc1OCC(=O)N1CCC2(CC1)CC(=O)c1ccccc1O2. The van der Waals surface area contributed by atoms with Crippen LogP contribution in [0.5, 0.6) is 17.2 Å². The Hall–Kier alpha value is -3.28. The molecule has 2 aliphatic heterocycles. The van der Waals surface area contributed by atoms with E-state index in [2.05, 4.69) is 6.58 Å². The summed E-state index contributed by atoms with van der Waals surface area (Å²) in [6.45, 7) is 5.00. The number of benzene rings is 2. The van der Waals surface area contributed by atoms with Crippen molar-refractivity contribution in [3.63, 3.8) is 0 Å². The minimum absolute atomic E-state index is 0.0654. The Morgan fingerprint density at radius 3 is 2.47 bits per heavy atom. The van der Waals surface area contributed by atoms with Crippen LogP contribution in [0.2, 0.25) is 0 Å². The first-order valence-electron chi connectivity index (χ1n) is 10.1. The Morgan fingerprint density at radius 1 is 1.07 bits per heavy atom. The number of ketones is 1. The second-order valence-electron chi connectivity index (χ2n) is 7.60. The van der Waals surface area contributed by atoms with E-state index in [9.17, 15) is 9.59 Å². The number of hydrogen-bond acceptors (Lipinski definition) is 5. The van der Waals surface area contributed by atoms with Gasteiger partial charge in [-0.1, -0.05) is 36.9 Å². The first-order chi connectivity index (χ1) is 14.6. The number of likely N-dealkylation sites (tertiary alicyclic amines) is 1. The van der Waals surface area contributed by atoms with Crippen LogP contribution >= 0.6 is 0 Å². The smallest absolute Gasteiger partial charge is 0.260 e. The van der Waals surface area contributed by atoms with E-state index in [0.717, 1.165) is 0 Å². The number of para-hydroxylation sites is 3. The van der Waals surface area contributed by atoms with Crippen LogP contribution in [0.25, 0.3) is 0 Å². The number of Topliss-reactive ketones (excluding diaryl/α,β-unsaturated/α-hetero) is 1. The summed E-state index contributed by atoms with van der Waals surface area (Å²) in [6.07, 6.45) is 3.26. The number of nitrogens with zero attached hydrogens (tertiary/aromatic N) is 1. The van der Waals surface area contributed by atoms with Crippen LogP contribution in [0.4, 0.5) is 0 Å². The van der Waals surface area contributed by atoms with Crippen molar-refractivity contribution < 1.29 is 23.8 Å². The molecule has 0 radical (unpaired) electrons. The van der Waals surface area contributed by atoms with Gasteiger partial charge >= 0.3 is 0 Å². The zero-order valence-corrected chi connectivity index (χ0v) is 16.8. The monoisotopic (exact) mass is 407 g/mol. The topological polar surface area (TPSA) is 65.1 Å². The molecule has 1 amide bonds. The van der Waals surface area contributed by atoms with Crippen LogP contribution in [-0.2, 0) is 4.79 Å². The highest BCUT2D eigenvalue weighted by molar-refractivity contribution is 6.00. The minimum atomic E-state index is -0.520. The number of rotatable bonds is 6. The number of hydrogen-bond donors (Lipinski definition) is 0. The number of piperidine rings is 1. The summed E-state index contributed by atoms with van der Waals surface area (Å²) in [5.41, 5.74) is 0.126. The summed E-state index contributed by atoms with van der Waals surface area (Å²) in [7, 11) is 0. The summed E-state index contributed by atoms with van der Waals surface area (Å²) in [5, 5.41) is 0. The maximum absolute atomic E-state index is 12.7. The summed E-state index contributed by atoms with van der Waals surface area (Å²) < 4.78 is 17.5. The predicted octanol–water partition coefficient (Wildman–Crippen LogP) is 3.66. The average Bonchev–Trinajstić information content (AvgIpc) is 2.77. The van der Waals surface area contributed by atoms with Crippen molar-refractivity contribution in [3.05, 3.63) is 66.7 Å². The van der Waals surface area contributed by atoms with Crippen LogP contribution < -0.4 is 14.2 Å². The number of carbonyl (C=O) groups is 2. The molecule has 2 heterocycles. The van der Waals surface area contributed by atoms with Gasteiger partial charge in [0.25, 0.3) is 5.91 Å². The molecule has 1 saturated heterocycles. The third kappa shape index (κ3) is 4.17. The van der Waals surface area contributed by atoms with Crippen molar-refractivity contribution in [2.24, 2.45) is 0 Å². The van der Waals surface area contributed by atoms with Crippen LogP contribution in [0.15, 0.2) is 61.2 Å². The molecule has 6 heteroatoms. The second kappa shape index (κ2) is 8.61. The van der Waals surface area contributed by atoms with Gasteiger partial charge in [-0.2, -0.15) is 0 Å². The lowest BCUT2D eigenvalue weighted by Gasteiger charge is -2.43. The number of carbonyl (C=O) groups excluding carboxylic acids is 2. The van der Waals surface area contributed by atoms with Crippen molar-refractivity contribution in [3.8, 4) is 17.2 Å². The van der Waals surface area contributed by atoms with Gasteiger partial charge in [-0.15, -0.1) is 0 Å². The van der Waals surface area contributed by atoms with Crippen molar-refractivity contribution in [1.82, 2.24) is 4.90 Å². The van der Waals surface area contributed by atoms with Gasteiger partial charge in [0.2, 0.25) is 0 Å². The Bertz CT molecular complexity index is 946. The van der Waals surface area contributed by atoms with E-state index >= 15 is 0 Å². The highest BCUT2D eigenvalue weighted by Gasteiger charge is 2.43. The highest BCUT2D eigenvalue weighted by Crippen LogP contribution is 2.39. The molecule has 30 heavy (non-hydrogen) atoms. The van der Waals surface area contributed by atoms with Crippen LogP contribution in [-0.4, -0.2) is 48.5 Å². The van der Waals surface area contributed by atoms with E-state index in [0.29, 0.717) is 61.8 Å². The molecule has 2 aromatic carbocycles. The quantitative estimate of drug-likeness (QED) is 0.684. The third-order valence-corrected chi connectivity index (χ3v) is 5.58. The first-order valence-corrected chi connectivity index (χ1v) is 10.1. The summed E-state index contributed by atoms with van der Waals surface area (Å²) in [4.78, 5) is 27.0. The Labute approximate surface area is 176 Å². The van der Waals surface area contributed by atoms with Gasteiger partial charge in [-0.25, -0.2) is 0 Å². The van der Waals surface area contributed by atoms with Crippen LogP contribution in [0.1, 0.15) is 29.6 Å². The minimum Gasteiger partial charge on any atom is -0.486 e. The van der Waals surface area contributed by atoms with Gasteiger partial charge < -0.3 is 19.1 Å². The van der Waals surface area contributed by atoms with Crippen molar-refractivity contribution in [1.29, 1.82) is 0 Å². The van der Waals surface area contributed by atoms with Gasteiger partial charge in [0, 0.05) is 25.9 Å². The van der Waals surface area contributed by atoms with E-state index < -0.39 is 5.60 Å². The first kappa shape index (κ1) is 20.0. The Balaban J connectivity index is 1.33. The molecule has 0 unspecified atom stereocenters. The van der Waals surface area contributed by atoms with E-state index in [1.807, 2.05) is 30.3 Å². The van der Waals surface area contributed by atoms with Gasteiger partial charge in [0.05, 0.1) is 12.0 Å². The predicted molar refractivity (Wildman–Crippen MR) is 112 cm³/mol. The second-order valence-corrected chi connectivity index (χ2v) is 7.60. The molecular weight excluding hydrogens is 382 g/mol. The zero-order valence-electron chi connectivity index (χ0n) is 16.8. The molecule has 2 aromatic rings. The van der Waals surface area contributed by atoms with Crippen LogP contribution in [0, 0.1) is 0 Å². The molecule has 1 spiro atoms. The molecule has 0 N–H and O–H groups in total. The fraction of sp³-hybridized carbons (Fsp3) is 0.333. The van der Waals surface area contributed by atoms with Gasteiger partial charge in [0.15, 0.2) is 23.9 Å².